The van der Waals surface area contributed by atoms with E-state index in [0.29, 0.717) is 55.1 Å². The summed E-state index contributed by atoms with van der Waals surface area (Å²) in [5, 5.41) is 15.5. The minimum atomic E-state index is -0.733. The van der Waals surface area contributed by atoms with Crippen LogP contribution in [0.25, 0.3) is 0 Å². The minimum Gasteiger partial charge on any atom is -0.490 e. The van der Waals surface area contributed by atoms with Crippen molar-refractivity contribution >= 4 is 29.4 Å². The Kier molecular flexibility index (Phi) is 7.73. The molecule has 2 aromatic carbocycles. The molecule has 4 rings (SSSR count). The molecule has 2 fully saturated rings. The lowest BCUT2D eigenvalue weighted by Gasteiger charge is -2.26. The number of hydrogen-bond donors (Lipinski definition) is 3. The van der Waals surface area contributed by atoms with Gasteiger partial charge in [-0.15, -0.1) is 0 Å². The quantitative estimate of drug-likeness (QED) is 0.466. The average molecular weight is 485 g/mol. The number of carbonyl (C=O) groups excluding carboxylic acids is 2. The normalized spacial score (nSPS) is 23.6. The van der Waals surface area contributed by atoms with Crippen molar-refractivity contribution in [1.82, 2.24) is 10.6 Å². The molecule has 0 radical (unpaired) electrons. The molecule has 2 aromatic rings. The number of ether oxygens (including phenoxy) is 1. The lowest BCUT2D eigenvalue weighted by atomic mass is 9.87. The summed E-state index contributed by atoms with van der Waals surface area (Å²) in [6.07, 6.45) is 3.51. The number of halogens is 1. The third-order valence-electron chi connectivity index (χ3n) is 6.58. The Balaban J connectivity index is 1.14. The molecule has 2 saturated carbocycles. The summed E-state index contributed by atoms with van der Waals surface area (Å²) < 4.78 is 5.94. The topological polar surface area (TPSA) is 105 Å². The zero-order chi connectivity index (χ0) is 24.1. The van der Waals surface area contributed by atoms with E-state index in [9.17, 15) is 14.4 Å². The van der Waals surface area contributed by atoms with Crippen LogP contribution in [0.2, 0.25) is 5.02 Å². The van der Waals surface area contributed by atoms with E-state index in [0.717, 1.165) is 12.0 Å². The van der Waals surface area contributed by atoms with Crippen LogP contribution in [0.3, 0.4) is 0 Å². The zero-order valence-corrected chi connectivity index (χ0v) is 19.6. The number of carbonyl (C=O) groups is 3. The summed E-state index contributed by atoms with van der Waals surface area (Å²) in [7, 11) is 0. The Morgan fingerprint density at radius 3 is 2.21 bits per heavy atom. The molecular weight excluding hydrogens is 456 g/mol. The first-order valence-electron chi connectivity index (χ1n) is 11.7. The molecule has 2 amide bonds. The third-order valence-corrected chi connectivity index (χ3v) is 6.83. The predicted molar refractivity (Wildman–Crippen MR) is 128 cm³/mol. The van der Waals surface area contributed by atoms with Gasteiger partial charge in [0.1, 0.15) is 5.75 Å². The van der Waals surface area contributed by atoms with Crippen LogP contribution in [0.5, 0.6) is 5.75 Å². The second kappa shape index (κ2) is 10.9. The molecule has 8 heteroatoms. The van der Waals surface area contributed by atoms with Gasteiger partial charge in [0.05, 0.1) is 12.0 Å². The van der Waals surface area contributed by atoms with Gasteiger partial charge in [0.2, 0.25) is 5.91 Å². The van der Waals surface area contributed by atoms with Crippen LogP contribution in [0.4, 0.5) is 0 Å². The number of carboxylic acid groups (broad SMARTS) is 1. The first kappa shape index (κ1) is 24.1. The molecule has 2 aliphatic rings. The fraction of sp³-hybridized carbons (Fsp3) is 0.423. The second-order valence-electron chi connectivity index (χ2n) is 9.00. The monoisotopic (exact) mass is 484 g/mol. The summed E-state index contributed by atoms with van der Waals surface area (Å²) >= 11 is 5.91. The molecule has 2 atom stereocenters. The summed E-state index contributed by atoms with van der Waals surface area (Å²) in [6.45, 7) is 0.711. The number of aliphatic carboxylic acids is 1. The van der Waals surface area contributed by atoms with Crippen LogP contribution < -0.4 is 15.4 Å². The largest absolute Gasteiger partial charge is 0.490 e. The van der Waals surface area contributed by atoms with Crippen molar-refractivity contribution in [2.45, 2.75) is 44.1 Å². The highest BCUT2D eigenvalue weighted by Crippen LogP contribution is 2.47. The van der Waals surface area contributed by atoms with Crippen molar-refractivity contribution in [1.29, 1.82) is 0 Å². The summed E-state index contributed by atoms with van der Waals surface area (Å²) in [5.41, 5.74) is 1.64. The van der Waals surface area contributed by atoms with Gasteiger partial charge in [0, 0.05) is 29.6 Å². The van der Waals surface area contributed by atoms with Gasteiger partial charge in [0.25, 0.3) is 5.91 Å². The minimum absolute atomic E-state index is 0.00430. The van der Waals surface area contributed by atoms with Crippen LogP contribution in [-0.4, -0.2) is 42.1 Å². The van der Waals surface area contributed by atoms with Crippen LogP contribution in [0.15, 0.2) is 48.5 Å². The molecule has 7 nitrogen and oxygen atoms in total. The Bertz CT molecular complexity index is 1020. The lowest BCUT2D eigenvalue weighted by molar-refractivity contribution is -0.143. The number of nitrogens with one attached hydrogen (secondary N) is 2. The molecule has 34 heavy (non-hydrogen) atoms. The van der Waals surface area contributed by atoms with Crippen molar-refractivity contribution in [3.63, 3.8) is 0 Å². The highest BCUT2D eigenvalue weighted by atomic mass is 35.5. The molecule has 0 aliphatic heterocycles. The molecule has 0 aromatic heterocycles. The summed E-state index contributed by atoms with van der Waals surface area (Å²) in [4.78, 5) is 35.8. The summed E-state index contributed by atoms with van der Waals surface area (Å²) in [6, 6.07) is 14.5. The molecule has 2 aliphatic carbocycles. The fourth-order valence-corrected chi connectivity index (χ4v) is 4.59. The fourth-order valence-electron chi connectivity index (χ4n) is 4.46. The standard InChI is InChI=1S/C26H29ClN2O5/c27-19-7-1-16(2-8-19)22-15-23(22)25(31)29-14-13-28-24(30)17-3-9-20(10-4-17)34-21-11-5-18(6-12-21)26(32)33/h1-4,7-10,18,21-23H,5-6,11-15H2,(H,28,30)(H,29,31)(H,32,33)/t18-,21+,22-,23+/m0/s1. The van der Waals surface area contributed by atoms with Gasteiger partial charge in [-0.05, 0) is 80.0 Å². The van der Waals surface area contributed by atoms with Gasteiger partial charge in [-0.25, -0.2) is 0 Å². The number of rotatable bonds is 9. The molecule has 0 saturated heterocycles. The first-order chi connectivity index (χ1) is 16.4. The number of benzene rings is 2. The predicted octanol–water partition coefficient (Wildman–Crippen LogP) is 4.01. The molecule has 180 valence electrons. The highest BCUT2D eigenvalue weighted by molar-refractivity contribution is 6.30. The van der Waals surface area contributed by atoms with E-state index in [1.54, 1.807) is 24.3 Å². The van der Waals surface area contributed by atoms with Gasteiger partial charge in [-0.2, -0.15) is 0 Å². The molecule has 0 spiro atoms. The van der Waals surface area contributed by atoms with E-state index in [-0.39, 0.29) is 35.7 Å². The third kappa shape index (κ3) is 6.29. The van der Waals surface area contributed by atoms with Crippen molar-refractivity contribution < 1.29 is 24.2 Å². The van der Waals surface area contributed by atoms with E-state index in [4.69, 9.17) is 21.4 Å². The SMILES string of the molecule is O=C(NCCNC(=O)[C@@H]1C[C@H]1c1ccc(Cl)cc1)c1ccc(O[C@H]2CC[C@@H](C(=O)O)CC2)cc1. The van der Waals surface area contributed by atoms with Gasteiger partial charge >= 0.3 is 5.97 Å². The maximum atomic E-state index is 12.4. The first-order valence-corrected chi connectivity index (χ1v) is 12.1. The van der Waals surface area contributed by atoms with Crippen LogP contribution in [-0.2, 0) is 9.59 Å². The van der Waals surface area contributed by atoms with Crippen LogP contribution in [0.1, 0.15) is 53.9 Å². The van der Waals surface area contributed by atoms with Crippen molar-refractivity contribution in [2.75, 3.05) is 13.1 Å². The van der Waals surface area contributed by atoms with E-state index < -0.39 is 5.97 Å². The average Bonchev–Trinajstić information content (AvgIpc) is 3.64. The molecular formula is C26H29ClN2O5. The smallest absolute Gasteiger partial charge is 0.306 e. The van der Waals surface area contributed by atoms with Crippen molar-refractivity contribution in [3.8, 4) is 5.75 Å². The lowest BCUT2D eigenvalue weighted by Crippen LogP contribution is -2.35. The van der Waals surface area contributed by atoms with Gasteiger partial charge in [-0.1, -0.05) is 23.7 Å². The Hall–Kier alpha value is -3.06. The zero-order valence-electron chi connectivity index (χ0n) is 18.8. The molecule has 0 unspecified atom stereocenters. The second-order valence-corrected chi connectivity index (χ2v) is 9.44. The van der Waals surface area contributed by atoms with Crippen LogP contribution in [0, 0.1) is 11.8 Å². The van der Waals surface area contributed by atoms with Gasteiger partial charge < -0.3 is 20.5 Å². The molecule has 3 N–H and O–H groups in total. The Morgan fingerprint density at radius 2 is 1.56 bits per heavy atom. The molecule has 0 heterocycles. The Labute approximate surface area is 203 Å². The van der Waals surface area contributed by atoms with E-state index in [2.05, 4.69) is 10.6 Å². The Morgan fingerprint density at radius 1 is 0.912 bits per heavy atom. The molecule has 0 bridgehead atoms. The number of hydrogen-bond acceptors (Lipinski definition) is 4. The van der Waals surface area contributed by atoms with Crippen molar-refractivity contribution in [3.05, 3.63) is 64.7 Å². The number of carboxylic acids is 1. The van der Waals surface area contributed by atoms with Crippen LogP contribution >= 0.6 is 11.6 Å². The number of amides is 2. The maximum absolute atomic E-state index is 12.4. The van der Waals surface area contributed by atoms with E-state index in [1.807, 2.05) is 24.3 Å². The maximum Gasteiger partial charge on any atom is 0.306 e. The van der Waals surface area contributed by atoms with E-state index in [1.165, 1.54) is 0 Å². The summed E-state index contributed by atoms with van der Waals surface area (Å²) in [5.74, 6) is -0.333. The van der Waals surface area contributed by atoms with E-state index >= 15 is 0 Å². The van der Waals surface area contributed by atoms with Crippen molar-refractivity contribution in [2.24, 2.45) is 11.8 Å². The van der Waals surface area contributed by atoms with Gasteiger partial charge in [0.15, 0.2) is 0 Å². The van der Waals surface area contributed by atoms with Gasteiger partial charge in [-0.3, -0.25) is 14.4 Å². The highest BCUT2D eigenvalue weighted by Gasteiger charge is 2.43.